The number of nitrogens with two attached hydrogens (primary N) is 1. The van der Waals surface area contributed by atoms with E-state index >= 15 is 0 Å². The van der Waals surface area contributed by atoms with Crippen LogP contribution in [0.15, 0.2) is 27.6 Å². The summed E-state index contributed by atoms with van der Waals surface area (Å²) in [5, 5.41) is 5.71. The average molecular weight is 292 g/mol. The summed E-state index contributed by atoms with van der Waals surface area (Å²) in [4.78, 5) is 15.3. The van der Waals surface area contributed by atoms with Gasteiger partial charge in [-0.1, -0.05) is 11.6 Å². The van der Waals surface area contributed by atoms with Crippen LogP contribution in [0.4, 0.5) is 4.79 Å². The molecule has 1 unspecified atom stereocenters. The van der Waals surface area contributed by atoms with Crippen LogP contribution in [-0.4, -0.2) is 20.9 Å². The Morgan fingerprint density at radius 1 is 1.50 bits per heavy atom. The molecule has 0 saturated heterocycles. The number of carbonyl (C=O) groups is 1. The van der Waals surface area contributed by atoms with Gasteiger partial charge in [-0.25, -0.2) is 19.1 Å². The van der Waals surface area contributed by atoms with Crippen molar-refractivity contribution in [3.05, 3.63) is 23.5 Å². The molecule has 100 valence electrons. The Kier molecular flexibility index (Phi) is 4.31. The zero-order valence-corrected chi connectivity index (χ0v) is 11.8. The van der Waals surface area contributed by atoms with E-state index in [9.17, 15) is 9.00 Å². The molecule has 6 nitrogen and oxygen atoms in total. The first kappa shape index (κ1) is 14.9. The molecule has 0 bridgehead atoms. The highest BCUT2D eigenvalue weighted by Gasteiger charge is 2.18. The molecule has 0 aromatic carbocycles. The summed E-state index contributed by atoms with van der Waals surface area (Å²) >= 11 is 5.59. The van der Waals surface area contributed by atoms with E-state index in [1.165, 1.54) is 18.3 Å². The predicted molar refractivity (Wildman–Crippen MR) is 68.5 cm³/mol. The molecular weight excluding hydrogens is 278 g/mol. The van der Waals surface area contributed by atoms with E-state index < -0.39 is 21.6 Å². The Morgan fingerprint density at radius 2 is 2.11 bits per heavy atom. The molecular formula is C10H14ClN3O3S. The van der Waals surface area contributed by atoms with Crippen molar-refractivity contribution in [3.63, 3.8) is 0 Å². The first-order valence-electron chi connectivity index (χ1n) is 5.00. The molecule has 0 fully saturated rings. The maximum Gasteiger partial charge on any atom is 0.443 e. The molecule has 1 aromatic heterocycles. The third-order valence-electron chi connectivity index (χ3n) is 1.64. The molecule has 2 N–H and O–H groups in total. The summed E-state index contributed by atoms with van der Waals surface area (Å²) in [5.41, 5.74) is -0.728. The Morgan fingerprint density at radius 3 is 2.56 bits per heavy atom. The lowest BCUT2D eigenvalue weighted by atomic mass is 10.2. The van der Waals surface area contributed by atoms with E-state index in [1.54, 1.807) is 20.8 Å². The summed E-state index contributed by atoms with van der Waals surface area (Å²) in [5.74, 6) is 0. The van der Waals surface area contributed by atoms with Crippen molar-refractivity contribution in [1.82, 2.24) is 4.98 Å². The molecule has 0 aliphatic rings. The average Bonchev–Trinajstić information content (AvgIpc) is 2.13. The van der Waals surface area contributed by atoms with Crippen molar-refractivity contribution in [2.24, 2.45) is 9.50 Å². The van der Waals surface area contributed by atoms with Crippen molar-refractivity contribution in [3.8, 4) is 0 Å². The number of hydrogen-bond acceptors (Lipinski definition) is 4. The van der Waals surface area contributed by atoms with E-state index in [1.807, 2.05) is 0 Å². The molecule has 0 radical (unpaired) electrons. The van der Waals surface area contributed by atoms with E-state index in [0.29, 0.717) is 0 Å². The lowest BCUT2D eigenvalue weighted by Crippen LogP contribution is -2.24. The third kappa shape index (κ3) is 4.59. The number of carbonyl (C=O) groups excluding carboxylic acids is 1. The van der Waals surface area contributed by atoms with E-state index in [0.717, 1.165) is 0 Å². The molecule has 1 heterocycles. The van der Waals surface area contributed by atoms with Crippen LogP contribution in [0.1, 0.15) is 20.8 Å². The zero-order valence-electron chi connectivity index (χ0n) is 10.2. The van der Waals surface area contributed by atoms with Gasteiger partial charge in [-0.05, 0) is 32.9 Å². The summed E-state index contributed by atoms with van der Waals surface area (Å²) in [6.07, 6.45) is 0.225. The molecule has 1 atom stereocenters. The standard InChI is InChI=1S/C10H14ClN3O3S/c1-10(2,3)17-9(15)14-18(12,16)7-4-5-8(11)13-6-7/h4-6H,1-3H3,(H2,12,14,15,16). The molecule has 0 spiro atoms. The van der Waals surface area contributed by atoms with Gasteiger partial charge in [-0.15, -0.1) is 4.36 Å². The number of amides is 1. The number of hydrogen-bond donors (Lipinski definition) is 1. The first-order chi connectivity index (χ1) is 8.10. The van der Waals surface area contributed by atoms with Gasteiger partial charge in [-0.2, -0.15) is 0 Å². The van der Waals surface area contributed by atoms with Crippen molar-refractivity contribution in [2.45, 2.75) is 31.3 Å². The summed E-state index contributed by atoms with van der Waals surface area (Å²) in [6, 6.07) is 2.81. The number of ether oxygens (including phenoxy) is 1. The van der Waals surface area contributed by atoms with Crippen molar-refractivity contribution in [2.75, 3.05) is 0 Å². The minimum absolute atomic E-state index is 0.109. The second-order valence-corrected chi connectivity index (χ2v) is 6.64. The lowest BCUT2D eigenvalue weighted by Gasteiger charge is -2.17. The second-order valence-electron chi connectivity index (χ2n) is 4.46. The van der Waals surface area contributed by atoms with Crippen LogP contribution in [0.25, 0.3) is 0 Å². The van der Waals surface area contributed by atoms with E-state index in [4.69, 9.17) is 21.5 Å². The van der Waals surface area contributed by atoms with E-state index in [-0.39, 0.29) is 10.0 Å². The fraction of sp³-hybridized carbons (Fsp3) is 0.400. The van der Waals surface area contributed by atoms with E-state index in [2.05, 4.69) is 9.35 Å². The van der Waals surface area contributed by atoms with Gasteiger partial charge < -0.3 is 4.74 Å². The van der Waals surface area contributed by atoms with Crippen LogP contribution < -0.4 is 5.14 Å². The largest absolute Gasteiger partial charge is 0.443 e. The van der Waals surface area contributed by atoms with Gasteiger partial charge >= 0.3 is 6.09 Å². The normalized spacial score (nSPS) is 14.7. The van der Waals surface area contributed by atoms with Gasteiger partial charge in [0, 0.05) is 6.20 Å². The molecule has 1 rings (SSSR count). The smallest absolute Gasteiger partial charge is 0.442 e. The fourth-order valence-corrected chi connectivity index (χ4v) is 1.92. The lowest BCUT2D eigenvalue weighted by molar-refractivity contribution is 0.0607. The molecule has 0 saturated carbocycles. The third-order valence-corrected chi connectivity index (χ3v) is 3.20. The van der Waals surface area contributed by atoms with Gasteiger partial charge in [0.2, 0.25) is 0 Å². The number of aromatic nitrogens is 1. The molecule has 1 aromatic rings. The minimum atomic E-state index is -3.37. The van der Waals surface area contributed by atoms with Gasteiger partial charge in [0.05, 0.1) is 4.90 Å². The van der Waals surface area contributed by atoms with Crippen LogP contribution in [0, 0.1) is 0 Å². The van der Waals surface area contributed by atoms with Crippen LogP contribution in [0.5, 0.6) is 0 Å². The van der Waals surface area contributed by atoms with Crippen LogP contribution in [-0.2, 0) is 14.7 Å². The van der Waals surface area contributed by atoms with Crippen LogP contribution >= 0.6 is 11.6 Å². The van der Waals surface area contributed by atoms with Gasteiger partial charge in [-0.3, -0.25) is 0 Å². The molecule has 8 heteroatoms. The molecule has 18 heavy (non-hydrogen) atoms. The topological polar surface area (TPSA) is 94.6 Å². The summed E-state index contributed by atoms with van der Waals surface area (Å²) in [7, 11) is -3.37. The zero-order chi connectivity index (χ0) is 14.0. The molecule has 0 aliphatic heterocycles. The van der Waals surface area contributed by atoms with Crippen molar-refractivity contribution < 1.29 is 13.7 Å². The van der Waals surface area contributed by atoms with Crippen LogP contribution in [0.3, 0.4) is 0 Å². The highest BCUT2D eigenvalue weighted by molar-refractivity contribution is 7.91. The maximum absolute atomic E-state index is 12.0. The summed E-state index contributed by atoms with van der Waals surface area (Å²) in [6.45, 7) is 5.01. The van der Waals surface area contributed by atoms with Gasteiger partial charge in [0.1, 0.15) is 20.7 Å². The minimum Gasteiger partial charge on any atom is -0.442 e. The van der Waals surface area contributed by atoms with Gasteiger partial charge in [0.25, 0.3) is 0 Å². The maximum atomic E-state index is 12.0. The Balaban J connectivity index is 3.03. The van der Waals surface area contributed by atoms with Crippen LogP contribution in [0.2, 0.25) is 5.15 Å². The number of nitrogens with zero attached hydrogens (tertiary/aromatic N) is 2. The highest BCUT2D eigenvalue weighted by atomic mass is 35.5. The van der Waals surface area contributed by atoms with Crippen molar-refractivity contribution >= 4 is 27.6 Å². The Bertz CT molecular complexity index is 557. The Labute approximate surface area is 111 Å². The number of rotatable bonds is 1. The quantitative estimate of drug-likeness (QED) is 0.804. The monoisotopic (exact) mass is 291 g/mol. The number of pyridine rings is 1. The SMILES string of the molecule is CC(C)(C)OC(=O)N=S(N)(=O)c1ccc(Cl)nc1. The molecule has 1 amide bonds. The molecule has 0 aliphatic carbocycles. The van der Waals surface area contributed by atoms with Gasteiger partial charge in [0.15, 0.2) is 0 Å². The number of halogens is 1. The first-order valence-corrected chi connectivity index (χ1v) is 6.95. The Hall–Kier alpha value is -1.18. The van der Waals surface area contributed by atoms with Crippen molar-refractivity contribution in [1.29, 1.82) is 0 Å². The second kappa shape index (κ2) is 5.21. The predicted octanol–water partition coefficient (Wildman–Crippen LogP) is 2.37. The fourth-order valence-electron chi connectivity index (χ4n) is 0.979. The summed E-state index contributed by atoms with van der Waals surface area (Å²) < 4.78 is 20.3. The highest BCUT2D eigenvalue weighted by Crippen LogP contribution is 2.13.